The van der Waals surface area contributed by atoms with Gasteiger partial charge >= 0.3 is 6.09 Å². The van der Waals surface area contributed by atoms with Gasteiger partial charge in [0.05, 0.1) is 16.4 Å². The van der Waals surface area contributed by atoms with Gasteiger partial charge in [-0.3, -0.25) is 25.5 Å². The van der Waals surface area contributed by atoms with E-state index >= 15 is 0 Å². The number of ether oxygens (including phenoxy) is 1. The first-order chi connectivity index (χ1) is 12.5. The molecular formula is C18H24N4O5. The average molecular weight is 376 g/mol. The quantitative estimate of drug-likeness (QED) is 0.620. The van der Waals surface area contributed by atoms with Gasteiger partial charge in [-0.2, -0.15) is 0 Å². The average Bonchev–Trinajstić information content (AvgIpc) is 2.52. The van der Waals surface area contributed by atoms with Crippen molar-refractivity contribution in [1.29, 1.82) is 0 Å². The second-order valence-corrected chi connectivity index (χ2v) is 7.49. The highest BCUT2D eigenvalue weighted by Crippen LogP contribution is 2.39. The minimum Gasteiger partial charge on any atom is -0.444 e. The number of amides is 2. The number of hydrogen-bond acceptors (Lipinski definition) is 6. The Morgan fingerprint density at radius 1 is 1.44 bits per heavy atom. The molecule has 0 saturated heterocycles. The van der Waals surface area contributed by atoms with Gasteiger partial charge in [0.25, 0.3) is 5.69 Å². The predicted octanol–water partition coefficient (Wildman–Crippen LogP) is 2.85. The lowest BCUT2D eigenvalue weighted by atomic mass is 9.77. The maximum atomic E-state index is 12.6. The molecule has 0 radical (unpaired) electrons. The predicted molar refractivity (Wildman–Crippen MR) is 99.2 cm³/mol. The summed E-state index contributed by atoms with van der Waals surface area (Å²) in [5.41, 5.74) is -1.36. The van der Waals surface area contributed by atoms with E-state index < -0.39 is 28.1 Å². The van der Waals surface area contributed by atoms with Crippen molar-refractivity contribution in [2.45, 2.75) is 52.2 Å². The number of nitrogens with one attached hydrogen (secondary N) is 2. The highest BCUT2D eigenvalue weighted by atomic mass is 16.6. The molecule has 27 heavy (non-hydrogen) atoms. The van der Waals surface area contributed by atoms with Gasteiger partial charge in [0.2, 0.25) is 11.9 Å². The third-order valence-electron chi connectivity index (χ3n) is 4.25. The van der Waals surface area contributed by atoms with Crippen molar-refractivity contribution in [3.63, 3.8) is 0 Å². The number of alkyl carbamates (subject to hydrolysis) is 1. The fourth-order valence-electron chi connectivity index (χ4n) is 3.04. The minimum atomic E-state index is -1.08. The minimum absolute atomic E-state index is 0.0482. The molecule has 2 N–H and O–H groups in total. The van der Waals surface area contributed by atoms with Gasteiger partial charge in [-0.15, -0.1) is 0 Å². The third kappa shape index (κ3) is 4.60. The maximum Gasteiger partial charge on any atom is 0.414 e. The number of aliphatic imine (C=N–C) groups is 1. The van der Waals surface area contributed by atoms with Crippen LogP contribution in [0.2, 0.25) is 0 Å². The van der Waals surface area contributed by atoms with E-state index in [2.05, 4.69) is 15.6 Å². The van der Waals surface area contributed by atoms with Crippen LogP contribution in [0.3, 0.4) is 0 Å². The lowest BCUT2D eigenvalue weighted by molar-refractivity contribution is -0.385. The van der Waals surface area contributed by atoms with Crippen LogP contribution >= 0.6 is 0 Å². The second-order valence-electron chi connectivity index (χ2n) is 7.49. The Balaban J connectivity index is 2.43. The summed E-state index contributed by atoms with van der Waals surface area (Å²) < 4.78 is 5.18. The highest BCUT2D eigenvalue weighted by Gasteiger charge is 2.44. The summed E-state index contributed by atoms with van der Waals surface area (Å²) in [5, 5.41) is 16.1. The van der Waals surface area contributed by atoms with Gasteiger partial charge in [0.1, 0.15) is 5.60 Å². The number of rotatable bonds is 3. The SMILES string of the molecule is CCC1C(=O)NC(NC(=O)OC(C)(C)C)=N[C@]1(C)c1cccc([N+](=O)[O-])c1. The Morgan fingerprint density at radius 3 is 2.67 bits per heavy atom. The molecule has 0 fully saturated rings. The summed E-state index contributed by atoms with van der Waals surface area (Å²) in [6.45, 7) is 8.70. The first-order valence-electron chi connectivity index (χ1n) is 8.62. The van der Waals surface area contributed by atoms with Crippen LogP contribution in [-0.2, 0) is 15.1 Å². The number of nitro groups is 1. The number of benzene rings is 1. The van der Waals surface area contributed by atoms with Gasteiger partial charge in [-0.05, 0) is 39.7 Å². The molecule has 0 aromatic heterocycles. The standard InChI is InChI=1S/C18H24N4O5/c1-6-13-14(23)19-15(20-16(24)27-17(2,3)4)21-18(13,5)11-8-7-9-12(10-11)22(25)26/h7-10,13H,6H2,1-5H3,(H2,19,20,21,23,24)/t13?,18-/m1/s1. The van der Waals surface area contributed by atoms with E-state index in [1.54, 1.807) is 39.8 Å². The molecular weight excluding hydrogens is 352 g/mol. The van der Waals surface area contributed by atoms with Gasteiger partial charge in [0, 0.05) is 12.1 Å². The summed E-state index contributed by atoms with van der Waals surface area (Å²) in [7, 11) is 0. The van der Waals surface area contributed by atoms with E-state index in [1.165, 1.54) is 12.1 Å². The molecule has 2 rings (SSSR count). The molecule has 1 aliphatic heterocycles. The fraction of sp³-hybridized carbons (Fsp3) is 0.500. The molecule has 0 saturated carbocycles. The summed E-state index contributed by atoms with van der Waals surface area (Å²) in [4.78, 5) is 39.7. The third-order valence-corrected chi connectivity index (χ3v) is 4.25. The number of non-ortho nitro benzene ring substituents is 1. The Morgan fingerprint density at radius 2 is 2.11 bits per heavy atom. The lowest BCUT2D eigenvalue weighted by Crippen LogP contribution is -2.55. The molecule has 146 valence electrons. The largest absolute Gasteiger partial charge is 0.444 e. The van der Waals surface area contributed by atoms with Crippen LogP contribution in [0, 0.1) is 16.0 Å². The van der Waals surface area contributed by atoms with E-state index in [0.29, 0.717) is 12.0 Å². The normalized spacial score (nSPS) is 22.5. The van der Waals surface area contributed by atoms with Crippen LogP contribution < -0.4 is 10.6 Å². The smallest absolute Gasteiger partial charge is 0.414 e. The van der Waals surface area contributed by atoms with Crippen LogP contribution in [0.5, 0.6) is 0 Å². The van der Waals surface area contributed by atoms with E-state index in [1.807, 2.05) is 6.92 Å². The maximum absolute atomic E-state index is 12.6. The van der Waals surface area contributed by atoms with E-state index in [-0.39, 0.29) is 17.6 Å². The summed E-state index contributed by atoms with van der Waals surface area (Å²) >= 11 is 0. The van der Waals surface area contributed by atoms with Crippen LogP contribution in [0.4, 0.5) is 10.5 Å². The van der Waals surface area contributed by atoms with E-state index in [9.17, 15) is 19.7 Å². The summed E-state index contributed by atoms with van der Waals surface area (Å²) in [6.07, 6.45) is -0.285. The molecule has 9 nitrogen and oxygen atoms in total. The van der Waals surface area contributed by atoms with Crippen LogP contribution in [0.1, 0.15) is 46.6 Å². The van der Waals surface area contributed by atoms with Crippen LogP contribution in [-0.4, -0.2) is 28.5 Å². The van der Waals surface area contributed by atoms with Crippen molar-refractivity contribution < 1.29 is 19.2 Å². The van der Waals surface area contributed by atoms with Crippen molar-refractivity contribution in [3.05, 3.63) is 39.9 Å². The Labute approximate surface area is 157 Å². The molecule has 9 heteroatoms. The highest BCUT2D eigenvalue weighted by molar-refractivity contribution is 6.06. The van der Waals surface area contributed by atoms with E-state index in [4.69, 9.17) is 4.74 Å². The van der Waals surface area contributed by atoms with Crippen LogP contribution in [0.25, 0.3) is 0 Å². The monoisotopic (exact) mass is 376 g/mol. The summed E-state index contributed by atoms with van der Waals surface area (Å²) in [5.74, 6) is -0.927. The molecule has 2 amide bonds. The molecule has 1 aromatic rings. The number of carbonyl (C=O) groups is 2. The number of nitrogens with zero attached hydrogens (tertiary/aromatic N) is 2. The molecule has 2 atom stereocenters. The fourth-order valence-corrected chi connectivity index (χ4v) is 3.04. The first kappa shape index (κ1) is 20.3. The van der Waals surface area contributed by atoms with Crippen molar-refractivity contribution in [3.8, 4) is 0 Å². The zero-order valence-corrected chi connectivity index (χ0v) is 16.0. The second kappa shape index (κ2) is 7.34. The van der Waals surface area contributed by atoms with Gasteiger partial charge in [-0.1, -0.05) is 19.1 Å². The van der Waals surface area contributed by atoms with Crippen molar-refractivity contribution in [1.82, 2.24) is 10.6 Å². The first-order valence-corrected chi connectivity index (χ1v) is 8.62. The zero-order chi connectivity index (χ0) is 20.4. The topological polar surface area (TPSA) is 123 Å². The molecule has 1 aliphatic rings. The van der Waals surface area contributed by atoms with Gasteiger partial charge in [-0.25, -0.2) is 9.79 Å². The van der Waals surface area contributed by atoms with E-state index in [0.717, 1.165) is 0 Å². The van der Waals surface area contributed by atoms with Gasteiger partial charge < -0.3 is 4.74 Å². The summed E-state index contributed by atoms with van der Waals surface area (Å²) in [6, 6.07) is 6.01. The van der Waals surface area contributed by atoms with Crippen molar-refractivity contribution >= 4 is 23.6 Å². The Kier molecular flexibility index (Phi) is 5.53. The number of hydrogen-bond donors (Lipinski definition) is 2. The van der Waals surface area contributed by atoms with Crippen LogP contribution in [0.15, 0.2) is 29.3 Å². The molecule has 1 unspecified atom stereocenters. The zero-order valence-electron chi connectivity index (χ0n) is 16.0. The molecule has 1 heterocycles. The molecule has 1 aromatic carbocycles. The number of nitro benzene ring substituents is 1. The van der Waals surface area contributed by atoms with Crippen molar-refractivity contribution in [2.24, 2.45) is 10.9 Å². The number of guanidine groups is 1. The Bertz CT molecular complexity index is 799. The molecule has 0 aliphatic carbocycles. The van der Waals surface area contributed by atoms with Gasteiger partial charge in [0.15, 0.2) is 0 Å². The number of carbonyl (C=O) groups excluding carboxylic acids is 2. The van der Waals surface area contributed by atoms with Crippen molar-refractivity contribution in [2.75, 3.05) is 0 Å². The lowest BCUT2D eigenvalue weighted by Gasteiger charge is -2.37. The molecule has 0 bridgehead atoms. The molecule has 0 spiro atoms. The Hall–Kier alpha value is -2.97.